The lowest BCUT2D eigenvalue weighted by atomic mass is 10.1. The first-order valence-electron chi connectivity index (χ1n) is 9.07. The first kappa shape index (κ1) is 17.0. The normalized spacial score (nSPS) is 23.4. The van der Waals surface area contributed by atoms with Crippen LogP contribution in [0.1, 0.15) is 42.5 Å². The van der Waals surface area contributed by atoms with E-state index in [2.05, 4.69) is 10.6 Å². The van der Waals surface area contributed by atoms with Crippen molar-refractivity contribution in [1.82, 2.24) is 15.5 Å². The highest BCUT2D eigenvalue weighted by atomic mass is 16.2. The first-order chi connectivity index (χ1) is 11.7. The van der Waals surface area contributed by atoms with Crippen LogP contribution in [0.4, 0.5) is 0 Å². The smallest absolute Gasteiger partial charge is 0.251 e. The molecule has 1 heterocycles. The first-order valence-corrected chi connectivity index (χ1v) is 9.07. The molecule has 3 rings (SSSR count). The van der Waals surface area contributed by atoms with Gasteiger partial charge in [0.15, 0.2) is 0 Å². The van der Waals surface area contributed by atoms with Crippen LogP contribution in [0.15, 0.2) is 30.3 Å². The van der Waals surface area contributed by atoms with Gasteiger partial charge in [-0.1, -0.05) is 18.2 Å². The van der Waals surface area contributed by atoms with Gasteiger partial charge in [-0.3, -0.25) is 9.59 Å². The highest BCUT2D eigenvalue weighted by Gasteiger charge is 2.26. The SMILES string of the molecule is O=C(NCC1CCC(NCC(=O)N2CCCC2)C1)c1ccccc1. The Labute approximate surface area is 143 Å². The van der Waals surface area contributed by atoms with Crippen molar-refractivity contribution >= 4 is 11.8 Å². The van der Waals surface area contributed by atoms with Crippen molar-refractivity contribution in [2.75, 3.05) is 26.2 Å². The summed E-state index contributed by atoms with van der Waals surface area (Å²) in [4.78, 5) is 26.1. The number of benzene rings is 1. The number of likely N-dealkylation sites (tertiary alicyclic amines) is 1. The van der Waals surface area contributed by atoms with E-state index in [9.17, 15) is 9.59 Å². The maximum absolute atomic E-state index is 12.1. The maximum Gasteiger partial charge on any atom is 0.251 e. The van der Waals surface area contributed by atoms with Gasteiger partial charge >= 0.3 is 0 Å². The van der Waals surface area contributed by atoms with Crippen LogP contribution in [0.25, 0.3) is 0 Å². The number of hydrogen-bond acceptors (Lipinski definition) is 3. The van der Waals surface area contributed by atoms with Crippen LogP contribution < -0.4 is 10.6 Å². The Morgan fingerprint density at radius 3 is 2.58 bits per heavy atom. The van der Waals surface area contributed by atoms with Gasteiger partial charge in [-0.2, -0.15) is 0 Å². The summed E-state index contributed by atoms with van der Waals surface area (Å²) in [6, 6.07) is 9.73. The Morgan fingerprint density at radius 2 is 1.83 bits per heavy atom. The van der Waals surface area contributed by atoms with E-state index in [1.54, 1.807) is 0 Å². The molecule has 2 fully saturated rings. The van der Waals surface area contributed by atoms with Crippen molar-refractivity contribution < 1.29 is 9.59 Å². The number of nitrogens with one attached hydrogen (secondary N) is 2. The Kier molecular flexibility index (Phi) is 5.86. The lowest BCUT2D eigenvalue weighted by Crippen LogP contribution is -2.40. The number of carbonyl (C=O) groups is 2. The van der Waals surface area contributed by atoms with E-state index in [-0.39, 0.29) is 11.8 Å². The van der Waals surface area contributed by atoms with Gasteiger partial charge in [0, 0.05) is 31.2 Å². The minimum atomic E-state index is -0.00350. The summed E-state index contributed by atoms with van der Waals surface area (Å²) < 4.78 is 0. The molecular weight excluding hydrogens is 302 g/mol. The summed E-state index contributed by atoms with van der Waals surface area (Å²) in [6.07, 6.45) is 5.49. The fourth-order valence-corrected chi connectivity index (χ4v) is 3.68. The third-order valence-corrected chi connectivity index (χ3v) is 5.13. The molecule has 2 unspecified atom stereocenters. The lowest BCUT2D eigenvalue weighted by Gasteiger charge is -2.18. The molecule has 0 aromatic heterocycles. The third kappa shape index (κ3) is 4.57. The predicted molar refractivity (Wildman–Crippen MR) is 93.7 cm³/mol. The highest BCUT2D eigenvalue weighted by Crippen LogP contribution is 2.25. The molecule has 2 N–H and O–H groups in total. The monoisotopic (exact) mass is 329 g/mol. The lowest BCUT2D eigenvalue weighted by molar-refractivity contribution is -0.129. The predicted octanol–water partition coefficient (Wildman–Crippen LogP) is 1.80. The summed E-state index contributed by atoms with van der Waals surface area (Å²) in [5.41, 5.74) is 0.710. The largest absolute Gasteiger partial charge is 0.352 e. The fraction of sp³-hybridized carbons (Fsp3) is 0.579. The molecule has 0 spiro atoms. The number of amides is 2. The zero-order valence-electron chi connectivity index (χ0n) is 14.2. The second kappa shape index (κ2) is 8.29. The van der Waals surface area contributed by atoms with Crippen LogP contribution >= 0.6 is 0 Å². The molecule has 2 amide bonds. The minimum absolute atomic E-state index is 0.00350. The van der Waals surface area contributed by atoms with Gasteiger partial charge < -0.3 is 15.5 Å². The average molecular weight is 329 g/mol. The van der Waals surface area contributed by atoms with Gasteiger partial charge in [0.2, 0.25) is 5.91 Å². The van der Waals surface area contributed by atoms with Gasteiger partial charge in [0.1, 0.15) is 0 Å². The number of nitrogens with zero attached hydrogens (tertiary/aromatic N) is 1. The van der Waals surface area contributed by atoms with Crippen molar-refractivity contribution in [1.29, 1.82) is 0 Å². The average Bonchev–Trinajstić information content (AvgIpc) is 3.30. The topological polar surface area (TPSA) is 61.4 Å². The Morgan fingerprint density at radius 1 is 1.08 bits per heavy atom. The summed E-state index contributed by atoms with van der Waals surface area (Å²) in [5, 5.41) is 6.43. The molecule has 130 valence electrons. The Balaban J connectivity index is 1.35. The van der Waals surface area contributed by atoms with E-state index in [0.717, 1.165) is 45.2 Å². The number of carbonyl (C=O) groups excluding carboxylic acids is 2. The van der Waals surface area contributed by atoms with Crippen LogP contribution in [-0.2, 0) is 4.79 Å². The molecule has 1 saturated heterocycles. The second-order valence-corrected chi connectivity index (χ2v) is 6.92. The van der Waals surface area contributed by atoms with Crippen LogP contribution in [0.5, 0.6) is 0 Å². The molecule has 1 aromatic rings. The van der Waals surface area contributed by atoms with E-state index in [0.29, 0.717) is 30.6 Å². The van der Waals surface area contributed by atoms with Crippen molar-refractivity contribution in [2.45, 2.75) is 38.1 Å². The molecular formula is C19H27N3O2. The molecule has 24 heavy (non-hydrogen) atoms. The van der Waals surface area contributed by atoms with E-state index in [4.69, 9.17) is 0 Å². The van der Waals surface area contributed by atoms with E-state index >= 15 is 0 Å². The van der Waals surface area contributed by atoms with Crippen LogP contribution in [0.3, 0.4) is 0 Å². The van der Waals surface area contributed by atoms with Gasteiger partial charge in [-0.15, -0.1) is 0 Å². The maximum atomic E-state index is 12.1. The van der Waals surface area contributed by atoms with Crippen molar-refractivity contribution in [3.63, 3.8) is 0 Å². The van der Waals surface area contributed by atoms with Crippen LogP contribution in [-0.4, -0.2) is 48.9 Å². The van der Waals surface area contributed by atoms with Gasteiger partial charge in [-0.25, -0.2) is 0 Å². The van der Waals surface area contributed by atoms with Crippen LogP contribution in [0, 0.1) is 5.92 Å². The summed E-state index contributed by atoms with van der Waals surface area (Å²) in [6.45, 7) is 3.00. The molecule has 1 aliphatic heterocycles. The fourth-order valence-electron chi connectivity index (χ4n) is 3.68. The van der Waals surface area contributed by atoms with E-state index in [1.807, 2.05) is 35.2 Å². The van der Waals surface area contributed by atoms with E-state index < -0.39 is 0 Å². The minimum Gasteiger partial charge on any atom is -0.352 e. The van der Waals surface area contributed by atoms with Gasteiger partial charge in [-0.05, 0) is 50.2 Å². The molecule has 1 aliphatic carbocycles. The van der Waals surface area contributed by atoms with Gasteiger partial charge in [0.25, 0.3) is 5.91 Å². The summed E-state index contributed by atoms with van der Waals surface area (Å²) in [5.74, 6) is 0.724. The van der Waals surface area contributed by atoms with Crippen molar-refractivity contribution in [3.05, 3.63) is 35.9 Å². The zero-order valence-corrected chi connectivity index (χ0v) is 14.2. The zero-order chi connectivity index (χ0) is 16.8. The standard InChI is InChI=1S/C19H27N3O2/c23-18(22-10-4-5-11-22)14-20-17-9-8-15(12-17)13-21-19(24)16-6-2-1-3-7-16/h1-3,6-7,15,17,20H,4-5,8-14H2,(H,21,24). The molecule has 5 heteroatoms. The van der Waals surface area contributed by atoms with Crippen molar-refractivity contribution in [2.24, 2.45) is 5.92 Å². The molecule has 2 atom stereocenters. The van der Waals surface area contributed by atoms with Crippen molar-refractivity contribution in [3.8, 4) is 0 Å². The molecule has 5 nitrogen and oxygen atoms in total. The van der Waals surface area contributed by atoms with Gasteiger partial charge in [0.05, 0.1) is 6.54 Å². The second-order valence-electron chi connectivity index (χ2n) is 6.92. The molecule has 0 radical (unpaired) electrons. The molecule has 1 saturated carbocycles. The number of hydrogen-bond donors (Lipinski definition) is 2. The molecule has 1 aromatic carbocycles. The number of rotatable bonds is 6. The van der Waals surface area contributed by atoms with E-state index in [1.165, 1.54) is 0 Å². The Bertz CT molecular complexity index is 555. The highest BCUT2D eigenvalue weighted by molar-refractivity contribution is 5.94. The molecule has 0 bridgehead atoms. The van der Waals surface area contributed by atoms with Crippen LogP contribution in [0.2, 0.25) is 0 Å². The molecule has 2 aliphatic rings. The quantitative estimate of drug-likeness (QED) is 0.836. The Hall–Kier alpha value is -1.88. The third-order valence-electron chi connectivity index (χ3n) is 5.13. The summed E-state index contributed by atoms with van der Waals surface area (Å²) >= 11 is 0. The summed E-state index contributed by atoms with van der Waals surface area (Å²) in [7, 11) is 0.